The van der Waals surface area contributed by atoms with Crippen LogP contribution >= 0.6 is 0 Å². The third-order valence-electron chi connectivity index (χ3n) is 3.59. The van der Waals surface area contributed by atoms with Gasteiger partial charge in [-0.2, -0.15) is 13.2 Å². The fourth-order valence-electron chi connectivity index (χ4n) is 2.19. The lowest BCUT2D eigenvalue weighted by molar-refractivity contribution is -0.137. The zero-order chi connectivity index (χ0) is 16.7. The molecule has 3 nitrogen and oxygen atoms in total. The monoisotopic (exact) mass is 341 g/mol. The quantitative estimate of drug-likeness (QED) is 0.919. The highest BCUT2D eigenvalue weighted by Gasteiger charge is 2.30. The fourth-order valence-corrected chi connectivity index (χ4v) is 3.50. The summed E-state index contributed by atoms with van der Waals surface area (Å²) in [6.45, 7) is 0. The molecule has 0 atom stereocenters. The van der Waals surface area contributed by atoms with Gasteiger partial charge in [0.15, 0.2) is 0 Å². The minimum Gasteiger partial charge on any atom is -0.208 e. The fraction of sp³-hybridized carbons (Fsp3) is 0.250. The van der Waals surface area contributed by atoms with Gasteiger partial charge in [0.2, 0.25) is 10.0 Å². The summed E-state index contributed by atoms with van der Waals surface area (Å²) >= 11 is 0. The molecule has 2 aromatic carbocycles. The molecule has 1 aliphatic rings. The molecule has 23 heavy (non-hydrogen) atoms. The largest absolute Gasteiger partial charge is 0.416 e. The van der Waals surface area contributed by atoms with E-state index in [-0.39, 0.29) is 10.9 Å². The van der Waals surface area contributed by atoms with Crippen molar-refractivity contribution in [3.8, 4) is 11.1 Å². The molecule has 2 aromatic rings. The lowest BCUT2D eigenvalue weighted by Crippen LogP contribution is -2.25. The number of halogens is 3. The van der Waals surface area contributed by atoms with Gasteiger partial charge in [-0.15, -0.1) is 0 Å². The Hall–Kier alpha value is -1.86. The van der Waals surface area contributed by atoms with Gasteiger partial charge in [-0.05, 0) is 48.2 Å². The SMILES string of the molecule is O=S(=O)(NC1CC1)c1ccc(-c2cccc(C(F)(F)F)c2)cc1. The maximum absolute atomic E-state index is 12.7. The first-order valence-electron chi connectivity index (χ1n) is 7.06. The normalized spacial score (nSPS) is 15.6. The van der Waals surface area contributed by atoms with Crippen LogP contribution in [0.1, 0.15) is 18.4 Å². The molecule has 0 heterocycles. The van der Waals surface area contributed by atoms with Gasteiger partial charge >= 0.3 is 6.18 Å². The summed E-state index contributed by atoms with van der Waals surface area (Å²) in [5, 5.41) is 0. The van der Waals surface area contributed by atoms with E-state index in [1.54, 1.807) is 6.07 Å². The van der Waals surface area contributed by atoms with Gasteiger partial charge in [-0.25, -0.2) is 13.1 Å². The first kappa shape index (κ1) is 16.0. The zero-order valence-electron chi connectivity index (χ0n) is 12.0. The Bertz CT molecular complexity index is 810. The summed E-state index contributed by atoms with van der Waals surface area (Å²) in [6.07, 6.45) is -2.74. The Kier molecular flexibility index (Phi) is 3.93. The first-order valence-corrected chi connectivity index (χ1v) is 8.54. The summed E-state index contributed by atoms with van der Waals surface area (Å²) in [6, 6.07) is 10.8. The van der Waals surface area contributed by atoms with Gasteiger partial charge in [0.25, 0.3) is 0 Å². The molecule has 1 aliphatic carbocycles. The number of hydrogen-bond acceptors (Lipinski definition) is 2. The van der Waals surface area contributed by atoms with E-state index in [1.807, 2.05) is 0 Å². The number of hydrogen-bond donors (Lipinski definition) is 1. The lowest BCUT2D eigenvalue weighted by atomic mass is 10.0. The van der Waals surface area contributed by atoms with Crippen LogP contribution < -0.4 is 4.72 Å². The minimum absolute atomic E-state index is 0.00291. The Labute approximate surface area is 132 Å². The molecule has 1 N–H and O–H groups in total. The van der Waals surface area contributed by atoms with Crippen molar-refractivity contribution < 1.29 is 21.6 Å². The van der Waals surface area contributed by atoms with Crippen molar-refractivity contribution in [1.82, 2.24) is 4.72 Å². The lowest BCUT2D eigenvalue weighted by Gasteiger charge is -2.10. The molecule has 0 radical (unpaired) electrons. The van der Waals surface area contributed by atoms with Gasteiger partial charge in [-0.3, -0.25) is 0 Å². The average Bonchev–Trinajstić information content (AvgIpc) is 3.30. The molecule has 0 unspecified atom stereocenters. The maximum Gasteiger partial charge on any atom is 0.416 e. The molecule has 0 amide bonds. The molecular weight excluding hydrogens is 327 g/mol. The molecule has 0 aliphatic heterocycles. The highest BCUT2D eigenvalue weighted by molar-refractivity contribution is 7.89. The van der Waals surface area contributed by atoms with E-state index < -0.39 is 21.8 Å². The van der Waals surface area contributed by atoms with Crippen molar-refractivity contribution >= 4 is 10.0 Å². The van der Waals surface area contributed by atoms with Crippen LogP contribution in [0.5, 0.6) is 0 Å². The maximum atomic E-state index is 12.7. The summed E-state index contributed by atoms with van der Waals surface area (Å²) < 4.78 is 64.9. The molecule has 7 heteroatoms. The Morgan fingerprint density at radius 3 is 2.17 bits per heavy atom. The third-order valence-corrected chi connectivity index (χ3v) is 5.12. The summed E-state index contributed by atoms with van der Waals surface area (Å²) in [7, 11) is -3.56. The average molecular weight is 341 g/mol. The highest BCUT2D eigenvalue weighted by Crippen LogP contribution is 2.32. The number of rotatable bonds is 4. The van der Waals surface area contributed by atoms with Gasteiger partial charge in [0, 0.05) is 6.04 Å². The second kappa shape index (κ2) is 5.65. The third kappa shape index (κ3) is 3.73. The van der Waals surface area contributed by atoms with Crippen molar-refractivity contribution in [2.24, 2.45) is 0 Å². The second-order valence-corrected chi connectivity index (χ2v) is 7.21. The molecular formula is C16H14F3NO2S. The summed E-state index contributed by atoms with van der Waals surface area (Å²) in [5.74, 6) is 0. The molecule has 3 rings (SSSR count). The predicted molar refractivity (Wildman–Crippen MR) is 80.2 cm³/mol. The Balaban J connectivity index is 1.87. The van der Waals surface area contributed by atoms with Gasteiger partial charge in [0.1, 0.15) is 0 Å². The van der Waals surface area contributed by atoms with E-state index in [9.17, 15) is 21.6 Å². The summed E-state index contributed by atoms with van der Waals surface area (Å²) in [4.78, 5) is 0.111. The van der Waals surface area contributed by atoms with Crippen molar-refractivity contribution in [1.29, 1.82) is 0 Å². The van der Waals surface area contributed by atoms with Crippen LogP contribution in [0.25, 0.3) is 11.1 Å². The molecule has 1 fully saturated rings. The van der Waals surface area contributed by atoms with Crippen LogP contribution in [0.3, 0.4) is 0 Å². The highest BCUT2D eigenvalue weighted by atomic mass is 32.2. The van der Waals surface area contributed by atoms with Gasteiger partial charge in [0.05, 0.1) is 10.5 Å². The number of nitrogens with one attached hydrogen (secondary N) is 1. The molecule has 1 saturated carbocycles. The summed E-state index contributed by atoms with van der Waals surface area (Å²) in [5.41, 5.74) is 0.183. The molecule has 0 saturated heterocycles. The van der Waals surface area contributed by atoms with Crippen LogP contribution in [0.4, 0.5) is 13.2 Å². The van der Waals surface area contributed by atoms with E-state index in [0.717, 1.165) is 25.0 Å². The Morgan fingerprint density at radius 1 is 0.957 bits per heavy atom. The van der Waals surface area contributed by atoms with Crippen molar-refractivity contribution in [3.05, 3.63) is 54.1 Å². The molecule has 0 aromatic heterocycles. The van der Waals surface area contributed by atoms with Crippen LogP contribution in [0, 0.1) is 0 Å². The second-order valence-electron chi connectivity index (χ2n) is 5.50. The van der Waals surface area contributed by atoms with Gasteiger partial charge in [-0.1, -0.05) is 24.3 Å². The van der Waals surface area contributed by atoms with Crippen LogP contribution in [0.15, 0.2) is 53.4 Å². The van der Waals surface area contributed by atoms with Crippen LogP contribution in [0.2, 0.25) is 0 Å². The molecule has 0 spiro atoms. The van der Waals surface area contributed by atoms with Crippen LogP contribution in [-0.4, -0.2) is 14.5 Å². The predicted octanol–water partition coefficient (Wildman–Crippen LogP) is 3.81. The first-order chi connectivity index (χ1) is 10.8. The molecule has 122 valence electrons. The van der Waals surface area contributed by atoms with Crippen LogP contribution in [-0.2, 0) is 16.2 Å². The minimum atomic E-state index is -4.41. The topological polar surface area (TPSA) is 46.2 Å². The van der Waals surface area contributed by atoms with Gasteiger partial charge < -0.3 is 0 Å². The van der Waals surface area contributed by atoms with Crippen molar-refractivity contribution in [3.63, 3.8) is 0 Å². The number of alkyl halides is 3. The van der Waals surface area contributed by atoms with E-state index >= 15 is 0 Å². The van der Waals surface area contributed by atoms with Crippen molar-refractivity contribution in [2.45, 2.75) is 30.0 Å². The zero-order valence-corrected chi connectivity index (χ0v) is 12.8. The van der Waals surface area contributed by atoms with E-state index in [0.29, 0.717) is 11.1 Å². The van der Waals surface area contributed by atoms with E-state index in [1.165, 1.54) is 30.3 Å². The smallest absolute Gasteiger partial charge is 0.208 e. The number of sulfonamides is 1. The van der Waals surface area contributed by atoms with E-state index in [2.05, 4.69) is 4.72 Å². The molecule has 0 bridgehead atoms. The van der Waals surface area contributed by atoms with Crippen molar-refractivity contribution in [2.75, 3.05) is 0 Å². The number of benzene rings is 2. The standard InChI is InChI=1S/C16H14F3NO2S/c17-16(18,19)13-3-1-2-12(10-13)11-4-8-15(9-5-11)23(21,22)20-14-6-7-14/h1-5,8-10,14,20H,6-7H2. The Morgan fingerprint density at radius 2 is 1.61 bits per heavy atom. The van der Waals surface area contributed by atoms with E-state index in [4.69, 9.17) is 0 Å².